The third-order valence-corrected chi connectivity index (χ3v) is 4.23. The maximum Gasteiger partial charge on any atom is 0.230 e. The van der Waals surface area contributed by atoms with Gasteiger partial charge in [0.2, 0.25) is 11.8 Å². The van der Waals surface area contributed by atoms with Crippen LogP contribution in [0.5, 0.6) is 5.75 Å². The molecule has 1 aromatic heterocycles. The highest BCUT2D eigenvalue weighted by molar-refractivity contribution is 5.44. The van der Waals surface area contributed by atoms with Crippen molar-refractivity contribution in [2.24, 2.45) is 0 Å². The van der Waals surface area contributed by atoms with Gasteiger partial charge < -0.3 is 9.15 Å². The molecule has 1 aliphatic rings. The van der Waals surface area contributed by atoms with E-state index in [1.54, 1.807) is 0 Å². The molecule has 0 aliphatic heterocycles. The predicted molar refractivity (Wildman–Crippen MR) is 88.5 cm³/mol. The predicted octanol–water partition coefficient (Wildman–Crippen LogP) is 3.15. The summed E-state index contributed by atoms with van der Waals surface area (Å²) < 4.78 is 11.5. The number of fused-ring (bicyclic) bond motifs is 1. The molecule has 0 saturated heterocycles. The molecule has 124 valence electrons. The molecule has 1 aliphatic carbocycles. The molecule has 0 saturated carbocycles. The Balaban J connectivity index is 1.73. The van der Waals surface area contributed by atoms with E-state index in [1.165, 1.54) is 36.0 Å². The zero-order valence-electron chi connectivity index (χ0n) is 14.3. The van der Waals surface area contributed by atoms with Gasteiger partial charge in [0.15, 0.2) is 0 Å². The quantitative estimate of drug-likeness (QED) is 0.785. The fraction of sp³-hybridized carbons (Fsp3) is 0.556. The minimum Gasteiger partial charge on any atom is -0.494 e. The monoisotopic (exact) mass is 315 g/mol. The van der Waals surface area contributed by atoms with Gasteiger partial charge in [0, 0.05) is 18.5 Å². The molecule has 0 radical (unpaired) electrons. The summed E-state index contributed by atoms with van der Waals surface area (Å²) in [5.41, 5.74) is 4.16. The lowest BCUT2D eigenvalue weighted by atomic mass is 10.0. The molecule has 23 heavy (non-hydrogen) atoms. The first-order chi connectivity index (χ1) is 11.2. The van der Waals surface area contributed by atoms with Crippen molar-refractivity contribution in [2.45, 2.75) is 52.6 Å². The average Bonchev–Trinajstić information content (AvgIpc) is 3.16. The third-order valence-electron chi connectivity index (χ3n) is 4.23. The van der Waals surface area contributed by atoms with Gasteiger partial charge in [-0.1, -0.05) is 13.0 Å². The second kappa shape index (κ2) is 7.13. The van der Waals surface area contributed by atoms with E-state index in [1.807, 2.05) is 13.8 Å². The van der Waals surface area contributed by atoms with E-state index in [0.29, 0.717) is 24.9 Å². The molecule has 3 rings (SSSR count). The van der Waals surface area contributed by atoms with Crippen LogP contribution in [0.15, 0.2) is 16.5 Å². The molecule has 0 spiro atoms. The number of benzene rings is 1. The van der Waals surface area contributed by atoms with Gasteiger partial charge in [-0.2, -0.15) is 0 Å². The first-order valence-corrected chi connectivity index (χ1v) is 8.46. The molecule has 5 heteroatoms. The molecular formula is C18H25N3O2. The summed E-state index contributed by atoms with van der Waals surface area (Å²) in [5.74, 6) is 2.38. The van der Waals surface area contributed by atoms with Crippen LogP contribution < -0.4 is 4.74 Å². The maximum atomic E-state index is 5.86. The van der Waals surface area contributed by atoms with Crippen LogP contribution in [0.25, 0.3) is 0 Å². The summed E-state index contributed by atoms with van der Waals surface area (Å²) in [6, 6.07) is 4.55. The Hall–Kier alpha value is -1.88. The summed E-state index contributed by atoms with van der Waals surface area (Å²) in [5, 5.41) is 8.12. The molecule has 0 atom stereocenters. The zero-order chi connectivity index (χ0) is 16.2. The SMILES string of the molecule is CCOc1cc2c(cc1CN(C)Cc1nnc(CC)o1)CCC2. The van der Waals surface area contributed by atoms with E-state index in [0.717, 1.165) is 18.7 Å². The van der Waals surface area contributed by atoms with Crippen LogP contribution in [-0.4, -0.2) is 28.8 Å². The Labute approximate surface area is 137 Å². The van der Waals surface area contributed by atoms with Crippen molar-refractivity contribution in [3.8, 4) is 5.75 Å². The molecule has 0 bridgehead atoms. The zero-order valence-corrected chi connectivity index (χ0v) is 14.3. The molecule has 1 heterocycles. The molecule has 0 unspecified atom stereocenters. The Morgan fingerprint density at radius 1 is 1.09 bits per heavy atom. The summed E-state index contributed by atoms with van der Waals surface area (Å²) >= 11 is 0. The van der Waals surface area contributed by atoms with Gasteiger partial charge in [0.25, 0.3) is 0 Å². The van der Waals surface area contributed by atoms with Crippen molar-refractivity contribution in [3.05, 3.63) is 40.6 Å². The standard InChI is InChI=1S/C18H25N3O2/c1-4-17-19-20-18(23-17)12-21(3)11-15-9-13-7-6-8-14(13)10-16(15)22-5-2/h9-10H,4-8,11-12H2,1-3H3. The lowest BCUT2D eigenvalue weighted by molar-refractivity contribution is 0.268. The summed E-state index contributed by atoms with van der Waals surface area (Å²) in [6.07, 6.45) is 4.38. The van der Waals surface area contributed by atoms with Crippen molar-refractivity contribution in [3.63, 3.8) is 0 Å². The lowest BCUT2D eigenvalue weighted by Crippen LogP contribution is -2.18. The second-order valence-electron chi connectivity index (χ2n) is 6.13. The van der Waals surface area contributed by atoms with Crippen LogP contribution in [0.2, 0.25) is 0 Å². The molecule has 0 N–H and O–H groups in total. The number of aryl methyl sites for hydroxylation is 3. The van der Waals surface area contributed by atoms with E-state index in [2.05, 4.69) is 34.3 Å². The Kier molecular flexibility index (Phi) is 4.96. The number of hydrogen-bond acceptors (Lipinski definition) is 5. The summed E-state index contributed by atoms with van der Waals surface area (Å²) in [4.78, 5) is 2.19. The molecule has 5 nitrogen and oxygen atoms in total. The van der Waals surface area contributed by atoms with Crippen LogP contribution in [0, 0.1) is 0 Å². The van der Waals surface area contributed by atoms with Crippen molar-refractivity contribution in [1.29, 1.82) is 0 Å². The van der Waals surface area contributed by atoms with Crippen molar-refractivity contribution in [1.82, 2.24) is 15.1 Å². The van der Waals surface area contributed by atoms with E-state index >= 15 is 0 Å². The largest absolute Gasteiger partial charge is 0.494 e. The van der Waals surface area contributed by atoms with Crippen molar-refractivity contribution in [2.75, 3.05) is 13.7 Å². The molecule has 1 aromatic carbocycles. The van der Waals surface area contributed by atoms with Gasteiger partial charge in [-0.05, 0) is 50.4 Å². The van der Waals surface area contributed by atoms with E-state index in [9.17, 15) is 0 Å². The highest BCUT2D eigenvalue weighted by Crippen LogP contribution is 2.31. The smallest absolute Gasteiger partial charge is 0.230 e. The molecule has 2 aromatic rings. The Morgan fingerprint density at radius 2 is 1.83 bits per heavy atom. The van der Waals surface area contributed by atoms with Gasteiger partial charge >= 0.3 is 0 Å². The van der Waals surface area contributed by atoms with Gasteiger partial charge in [-0.25, -0.2) is 0 Å². The highest BCUT2D eigenvalue weighted by Gasteiger charge is 2.17. The number of rotatable bonds is 7. The molecule has 0 fully saturated rings. The van der Waals surface area contributed by atoms with Crippen LogP contribution in [-0.2, 0) is 32.4 Å². The fourth-order valence-corrected chi connectivity index (χ4v) is 3.14. The van der Waals surface area contributed by atoms with E-state index < -0.39 is 0 Å². The van der Waals surface area contributed by atoms with Crippen molar-refractivity contribution >= 4 is 0 Å². The normalized spacial score (nSPS) is 13.6. The minimum absolute atomic E-state index is 0.648. The van der Waals surface area contributed by atoms with E-state index in [4.69, 9.17) is 9.15 Å². The van der Waals surface area contributed by atoms with Gasteiger partial charge in [0.1, 0.15) is 5.75 Å². The van der Waals surface area contributed by atoms with Crippen LogP contribution >= 0.6 is 0 Å². The Bertz CT molecular complexity index is 666. The minimum atomic E-state index is 0.648. The first kappa shape index (κ1) is 16.0. The summed E-state index contributed by atoms with van der Waals surface area (Å²) in [7, 11) is 2.07. The van der Waals surface area contributed by atoms with Gasteiger partial charge in [-0.3, -0.25) is 4.90 Å². The third kappa shape index (κ3) is 3.72. The Morgan fingerprint density at radius 3 is 2.52 bits per heavy atom. The number of ether oxygens (including phenoxy) is 1. The average molecular weight is 315 g/mol. The van der Waals surface area contributed by atoms with Crippen molar-refractivity contribution < 1.29 is 9.15 Å². The highest BCUT2D eigenvalue weighted by atomic mass is 16.5. The van der Waals surface area contributed by atoms with Gasteiger partial charge in [-0.15, -0.1) is 10.2 Å². The second-order valence-corrected chi connectivity index (χ2v) is 6.13. The lowest BCUT2D eigenvalue weighted by Gasteiger charge is -2.18. The molecule has 0 amide bonds. The maximum absolute atomic E-state index is 5.86. The number of aromatic nitrogens is 2. The van der Waals surface area contributed by atoms with Crippen LogP contribution in [0.4, 0.5) is 0 Å². The van der Waals surface area contributed by atoms with Crippen LogP contribution in [0.1, 0.15) is 48.7 Å². The molecular weight excluding hydrogens is 290 g/mol. The van der Waals surface area contributed by atoms with Crippen LogP contribution in [0.3, 0.4) is 0 Å². The topological polar surface area (TPSA) is 51.4 Å². The fourth-order valence-electron chi connectivity index (χ4n) is 3.14. The number of hydrogen-bond donors (Lipinski definition) is 0. The van der Waals surface area contributed by atoms with E-state index in [-0.39, 0.29) is 0 Å². The first-order valence-electron chi connectivity index (χ1n) is 8.46. The number of nitrogens with zero attached hydrogens (tertiary/aromatic N) is 3. The summed E-state index contributed by atoms with van der Waals surface area (Å²) in [6.45, 7) is 6.20. The van der Waals surface area contributed by atoms with Gasteiger partial charge in [0.05, 0.1) is 13.2 Å².